The number of aromatic hydroxyl groups is 1. The van der Waals surface area contributed by atoms with Gasteiger partial charge in [-0.2, -0.15) is 11.8 Å². The second-order valence-corrected chi connectivity index (χ2v) is 7.29. The molecule has 2 aromatic rings. The Hall–Kier alpha value is -1.53. The third-order valence-corrected chi connectivity index (χ3v) is 5.65. The van der Waals surface area contributed by atoms with Crippen LogP contribution in [0.2, 0.25) is 0 Å². The number of amides is 1. The van der Waals surface area contributed by atoms with Crippen LogP contribution in [0.3, 0.4) is 0 Å². The summed E-state index contributed by atoms with van der Waals surface area (Å²) in [5.74, 6) is 2.37. The molecule has 4 nitrogen and oxygen atoms in total. The molecule has 1 atom stereocenters. The van der Waals surface area contributed by atoms with Gasteiger partial charge >= 0.3 is 0 Å². The van der Waals surface area contributed by atoms with Crippen molar-refractivity contribution in [2.24, 2.45) is 0 Å². The van der Waals surface area contributed by atoms with Crippen LogP contribution in [0, 0.1) is 0 Å². The van der Waals surface area contributed by atoms with Crippen molar-refractivity contribution in [3.63, 3.8) is 0 Å². The number of hydrogen-bond acceptors (Lipinski definition) is 5. The molecular formula is C16H18N2O2S2. The van der Waals surface area contributed by atoms with E-state index in [0.29, 0.717) is 12.8 Å². The van der Waals surface area contributed by atoms with Gasteiger partial charge in [0.05, 0.1) is 6.04 Å². The van der Waals surface area contributed by atoms with Gasteiger partial charge in [0.1, 0.15) is 10.8 Å². The monoisotopic (exact) mass is 334 g/mol. The summed E-state index contributed by atoms with van der Waals surface area (Å²) in [4.78, 5) is 19.0. The molecule has 6 heteroatoms. The molecule has 0 spiro atoms. The number of phenols is 1. The molecule has 0 bridgehead atoms. The molecule has 0 radical (unpaired) electrons. The van der Waals surface area contributed by atoms with E-state index in [9.17, 15) is 9.90 Å². The second kappa shape index (κ2) is 7.15. The summed E-state index contributed by atoms with van der Waals surface area (Å²) >= 11 is 3.50. The number of aryl methyl sites for hydroxylation is 1. The summed E-state index contributed by atoms with van der Waals surface area (Å²) in [6.45, 7) is 0.795. The SMILES string of the molecule is O=C(CCc1ccc(O)cc1)N1CCSC[C@@H]1c1nccs1. The van der Waals surface area contributed by atoms with Gasteiger partial charge in [0.15, 0.2) is 0 Å². The highest BCUT2D eigenvalue weighted by atomic mass is 32.2. The van der Waals surface area contributed by atoms with E-state index < -0.39 is 0 Å². The van der Waals surface area contributed by atoms with Gasteiger partial charge in [-0.3, -0.25) is 4.79 Å². The standard InChI is InChI=1S/C16H18N2O2S2/c19-13-4-1-12(2-5-13)3-6-15(20)18-8-10-21-11-14(18)16-17-7-9-22-16/h1-2,4-5,7,9,14,19H,3,6,8,10-11H2/t14-/m1/s1. The molecule has 1 fully saturated rings. The fraction of sp³-hybridized carbons (Fsp3) is 0.375. The molecule has 1 N–H and O–H groups in total. The van der Waals surface area contributed by atoms with Crippen LogP contribution in [0.15, 0.2) is 35.8 Å². The Morgan fingerprint density at radius 3 is 2.91 bits per heavy atom. The third kappa shape index (κ3) is 3.62. The number of carbonyl (C=O) groups excluding carboxylic acids is 1. The summed E-state index contributed by atoms with van der Waals surface area (Å²) < 4.78 is 0. The highest BCUT2D eigenvalue weighted by Crippen LogP contribution is 2.31. The van der Waals surface area contributed by atoms with Crippen LogP contribution in [-0.2, 0) is 11.2 Å². The Balaban J connectivity index is 1.63. The van der Waals surface area contributed by atoms with Crippen LogP contribution in [0.1, 0.15) is 23.0 Å². The maximum Gasteiger partial charge on any atom is 0.223 e. The minimum Gasteiger partial charge on any atom is -0.508 e. The molecule has 1 aromatic carbocycles. The lowest BCUT2D eigenvalue weighted by atomic mass is 10.1. The number of thioether (sulfide) groups is 1. The summed E-state index contributed by atoms with van der Waals surface area (Å²) in [5, 5.41) is 12.3. The zero-order chi connectivity index (χ0) is 15.4. The maximum absolute atomic E-state index is 12.6. The first kappa shape index (κ1) is 15.4. The first-order valence-electron chi connectivity index (χ1n) is 7.28. The summed E-state index contributed by atoms with van der Waals surface area (Å²) in [6, 6.07) is 7.18. The molecular weight excluding hydrogens is 316 g/mol. The van der Waals surface area contributed by atoms with Crippen LogP contribution < -0.4 is 0 Å². The summed E-state index contributed by atoms with van der Waals surface area (Å²) in [5.41, 5.74) is 1.07. The number of carbonyl (C=O) groups is 1. The predicted octanol–water partition coefficient (Wildman–Crippen LogP) is 3.10. The maximum atomic E-state index is 12.6. The summed E-state index contributed by atoms with van der Waals surface area (Å²) in [6.07, 6.45) is 3.00. The van der Waals surface area contributed by atoms with Crippen molar-refractivity contribution < 1.29 is 9.90 Å². The number of benzene rings is 1. The lowest BCUT2D eigenvalue weighted by Crippen LogP contribution is -2.40. The van der Waals surface area contributed by atoms with E-state index in [4.69, 9.17) is 0 Å². The molecule has 0 unspecified atom stereocenters. The van der Waals surface area contributed by atoms with E-state index in [1.807, 2.05) is 34.2 Å². The number of phenolic OH excluding ortho intramolecular Hbond substituents is 1. The van der Waals surface area contributed by atoms with Crippen molar-refractivity contribution in [2.45, 2.75) is 18.9 Å². The Morgan fingerprint density at radius 2 is 2.18 bits per heavy atom. The number of nitrogens with zero attached hydrogens (tertiary/aromatic N) is 2. The van der Waals surface area contributed by atoms with Crippen molar-refractivity contribution in [1.82, 2.24) is 9.88 Å². The van der Waals surface area contributed by atoms with Gasteiger partial charge in [-0.25, -0.2) is 4.98 Å². The Bertz CT molecular complexity index is 614. The van der Waals surface area contributed by atoms with Crippen molar-refractivity contribution in [2.75, 3.05) is 18.1 Å². The Morgan fingerprint density at radius 1 is 1.36 bits per heavy atom. The zero-order valence-electron chi connectivity index (χ0n) is 12.1. The Labute approximate surface area is 138 Å². The lowest BCUT2D eigenvalue weighted by Gasteiger charge is -2.34. The van der Waals surface area contributed by atoms with Gasteiger partial charge in [0, 0.05) is 36.0 Å². The first-order valence-corrected chi connectivity index (χ1v) is 9.32. The molecule has 2 heterocycles. The zero-order valence-corrected chi connectivity index (χ0v) is 13.8. The predicted molar refractivity (Wildman–Crippen MR) is 90.3 cm³/mol. The molecule has 3 rings (SSSR count). The molecule has 1 saturated heterocycles. The van der Waals surface area contributed by atoms with Gasteiger partial charge in [-0.15, -0.1) is 11.3 Å². The molecule has 1 aliphatic rings. The van der Waals surface area contributed by atoms with Crippen LogP contribution in [0.25, 0.3) is 0 Å². The average Bonchev–Trinajstić information content (AvgIpc) is 3.08. The van der Waals surface area contributed by atoms with Crippen molar-refractivity contribution in [3.8, 4) is 5.75 Å². The van der Waals surface area contributed by atoms with E-state index in [1.54, 1.807) is 29.7 Å². The quantitative estimate of drug-likeness (QED) is 0.933. The van der Waals surface area contributed by atoms with Crippen molar-refractivity contribution in [1.29, 1.82) is 0 Å². The highest BCUT2D eigenvalue weighted by Gasteiger charge is 2.29. The first-order chi connectivity index (χ1) is 10.7. The van der Waals surface area contributed by atoms with Gasteiger partial charge in [0.2, 0.25) is 5.91 Å². The van der Waals surface area contributed by atoms with Crippen LogP contribution >= 0.6 is 23.1 Å². The molecule has 1 amide bonds. The van der Waals surface area contributed by atoms with Crippen LogP contribution in [-0.4, -0.2) is 38.9 Å². The van der Waals surface area contributed by atoms with Crippen molar-refractivity contribution in [3.05, 3.63) is 46.4 Å². The van der Waals surface area contributed by atoms with E-state index >= 15 is 0 Å². The highest BCUT2D eigenvalue weighted by molar-refractivity contribution is 7.99. The van der Waals surface area contributed by atoms with E-state index in [1.165, 1.54) is 0 Å². The average molecular weight is 334 g/mol. The fourth-order valence-corrected chi connectivity index (χ4v) is 4.47. The molecule has 0 saturated carbocycles. The van der Waals surface area contributed by atoms with Gasteiger partial charge in [-0.05, 0) is 24.1 Å². The smallest absolute Gasteiger partial charge is 0.223 e. The van der Waals surface area contributed by atoms with Gasteiger partial charge < -0.3 is 10.0 Å². The molecule has 0 aliphatic carbocycles. The number of hydrogen-bond donors (Lipinski definition) is 1. The van der Waals surface area contributed by atoms with Crippen molar-refractivity contribution >= 4 is 29.0 Å². The molecule has 1 aromatic heterocycles. The minimum atomic E-state index is 0.117. The largest absolute Gasteiger partial charge is 0.508 e. The third-order valence-electron chi connectivity index (χ3n) is 3.75. The van der Waals surface area contributed by atoms with E-state index in [-0.39, 0.29) is 17.7 Å². The van der Waals surface area contributed by atoms with Crippen LogP contribution in [0.5, 0.6) is 5.75 Å². The minimum absolute atomic E-state index is 0.117. The van der Waals surface area contributed by atoms with Gasteiger partial charge in [0.25, 0.3) is 0 Å². The van der Waals surface area contributed by atoms with Gasteiger partial charge in [-0.1, -0.05) is 12.1 Å². The van der Waals surface area contributed by atoms with E-state index in [0.717, 1.165) is 28.6 Å². The number of rotatable bonds is 4. The molecule has 22 heavy (non-hydrogen) atoms. The van der Waals surface area contributed by atoms with Crippen LogP contribution in [0.4, 0.5) is 0 Å². The number of aromatic nitrogens is 1. The number of thiazole rings is 1. The molecule has 1 aliphatic heterocycles. The second-order valence-electron chi connectivity index (χ2n) is 5.21. The topological polar surface area (TPSA) is 53.4 Å². The van der Waals surface area contributed by atoms with E-state index in [2.05, 4.69) is 4.98 Å². The normalized spacial score (nSPS) is 18.4. The summed E-state index contributed by atoms with van der Waals surface area (Å²) in [7, 11) is 0. The lowest BCUT2D eigenvalue weighted by molar-refractivity contribution is -0.133. The fourth-order valence-electron chi connectivity index (χ4n) is 2.56. The Kier molecular flexibility index (Phi) is 5.00. The molecule has 116 valence electrons.